The summed E-state index contributed by atoms with van der Waals surface area (Å²) in [6, 6.07) is 0. The van der Waals surface area contributed by atoms with Crippen molar-refractivity contribution in [2.24, 2.45) is 5.41 Å². The van der Waals surface area contributed by atoms with Gasteiger partial charge in [0.05, 0.1) is 0 Å². The number of allylic oxidation sites excluding steroid dienone is 4. The van der Waals surface area contributed by atoms with Crippen molar-refractivity contribution < 1.29 is 0 Å². The summed E-state index contributed by atoms with van der Waals surface area (Å²) in [6.45, 7) is 9.29. The van der Waals surface area contributed by atoms with E-state index >= 15 is 0 Å². The van der Waals surface area contributed by atoms with E-state index in [4.69, 9.17) is 0 Å². The van der Waals surface area contributed by atoms with Crippen molar-refractivity contribution in [2.75, 3.05) is 5.33 Å². The van der Waals surface area contributed by atoms with E-state index in [2.05, 4.69) is 49.7 Å². The molecule has 0 spiro atoms. The Labute approximate surface area is 103 Å². The third-order valence-electron chi connectivity index (χ3n) is 3.55. The minimum Gasteiger partial charge on any atom is -0.0880 e. The van der Waals surface area contributed by atoms with E-state index in [1.807, 2.05) is 0 Å². The Balaban J connectivity index is 2.81. The van der Waals surface area contributed by atoms with Crippen LogP contribution < -0.4 is 0 Å². The molecule has 0 nitrogen and oxygen atoms in total. The van der Waals surface area contributed by atoms with E-state index in [9.17, 15) is 0 Å². The van der Waals surface area contributed by atoms with Crippen LogP contribution in [0.25, 0.3) is 0 Å². The molecule has 15 heavy (non-hydrogen) atoms. The molecule has 0 saturated heterocycles. The van der Waals surface area contributed by atoms with E-state index in [0.29, 0.717) is 5.41 Å². The van der Waals surface area contributed by atoms with E-state index in [1.165, 1.54) is 24.8 Å². The average molecular weight is 271 g/mol. The van der Waals surface area contributed by atoms with Gasteiger partial charge in [-0.05, 0) is 44.9 Å². The highest BCUT2D eigenvalue weighted by Crippen LogP contribution is 2.41. The molecule has 0 radical (unpaired) electrons. The summed E-state index contributed by atoms with van der Waals surface area (Å²) in [7, 11) is 0. The van der Waals surface area contributed by atoms with Crippen molar-refractivity contribution in [2.45, 2.75) is 53.4 Å². The first kappa shape index (κ1) is 13.0. The normalized spacial score (nSPS) is 22.1. The molecule has 0 fully saturated rings. The summed E-state index contributed by atoms with van der Waals surface area (Å²) in [5, 5.41) is 1.000. The second-order valence-electron chi connectivity index (χ2n) is 5.38. The molecule has 1 aliphatic rings. The van der Waals surface area contributed by atoms with Gasteiger partial charge in [0.2, 0.25) is 0 Å². The zero-order valence-electron chi connectivity index (χ0n) is 10.5. The minimum atomic E-state index is 0.422. The third-order valence-corrected chi connectivity index (χ3v) is 4.44. The smallest absolute Gasteiger partial charge is 0.0239 e. The third kappa shape index (κ3) is 3.48. The number of hydrogen-bond donors (Lipinski definition) is 0. The molecule has 0 aromatic carbocycles. The van der Waals surface area contributed by atoms with Crippen LogP contribution in [0.2, 0.25) is 0 Å². The Hall–Kier alpha value is -0.0400. The molecule has 0 aromatic heterocycles. The van der Waals surface area contributed by atoms with Gasteiger partial charge in [0.25, 0.3) is 0 Å². The minimum absolute atomic E-state index is 0.422. The van der Waals surface area contributed by atoms with Crippen molar-refractivity contribution in [3.8, 4) is 0 Å². The van der Waals surface area contributed by atoms with Gasteiger partial charge in [-0.2, -0.15) is 0 Å². The molecular weight excluding hydrogens is 248 g/mol. The van der Waals surface area contributed by atoms with Crippen molar-refractivity contribution in [3.05, 3.63) is 22.8 Å². The van der Waals surface area contributed by atoms with Crippen LogP contribution in [0.4, 0.5) is 0 Å². The predicted molar refractivity (Wildman–Crippen MR) is 72.5 cm³/mol. The molecule has 0 atom stereocenters. The lowest BCUT2D eigenvalue weighted by molar-refractivity contribution is 0.360. The second kappa shape index (κ2) is 5.34. The van der Waals surface area contributed by atoms with Gasteiger partial charge in [-0.15, -0.1) is 0 Å². The lowest BCUT2D eigenvalue weighted by Crippen LogP contribution is -2.20. The van der Waals surface area contributed by atoms with Crippen molar-refractivity contribution in [1.29, 1.82) is 0 Å². The molecule has 0 unspecified atom stereocenters. The van der Waals surface area contributed by atoms with E-state index < -0.39 is 0 Å². The summed E-state index contributed by atoms with van der Waals surface area (Å²) >= 11 is 3.50. The van der Waals surface area contributed by atoms with Gasteiger partial charge in [0, 0.05) is 5.33 Å². The molecule has 86 valence electrons. The number of hydrogen-bond acceptors (Lipinski definition) is 0. The lowest BCUT2D eigenvalue weighted by Gasteiger charge is -2.34. The Bertz CT molecular complexity index is 282. The molecule has 1 aliphatic carbocycles. The largest absolute Gasteiger partial charge is 0.0880 e. The van der Waals surface area contributed by atoms with Gasteiger partial charge < -0.3 is 0 Å². The van der Waals surface area contributed by atoms with Crippen molar-refractivity contribution >= 4 is 15.9 Å². The van der Waals surface area contributed by atoms with Gasteiger partial charge in [-0.25, -0.2) is 0 Å². The molecule has 0 heterocycles. The first-order valence-electron chi connectivity index (χ1n) is 5.88. The fourth-order valence-electron chi connectivity index (χ4n) is 2.46. The number of rotatable bonds is 3. The Morgan fingerprint density at radius 3 is 2.67 bits per heavy atom. The Morgan fingerprint density at radius 2 is 2.13 bits per heavy atom. The first-order chi connectivity index (χ1) is 6.97. The fraction of sp³-hybridized carbons (Fsp3) is 0.714. The highest BCUT2D eigenvalue weighted by atomic mass is 79.9. The highest BCUT2D eigenvalue weighted by Gasteiger charge is 2.27. The number of alkyl halides is 1. The fourth-order valence-corrected chi connectivity index (χ4v) is 2.69. The molecule has 0 aliphatic heterocycles. The summed E-state index contributed by atoms with van der Waals surface area (Å²) in [5.74, 6) is 0. The molecule has 1 heteroatoms. The molecule has 1 rings (SSSR count). The van der Waals surface area contributed by atoms with Crippen LogP contribution in [0.5, 0.6) is 0 Å². The quantitative estimate of drug-likeness (QED) is 0.486. The zero-order valence-corrected chi connectivity index (χ0v) is 12.1. The van der Waals surface area contributed by atoms with Crippen LogP contribution in [-0.2, 0) is 0 Å². The van der Waals surface area contributed by atoms with Gasteiger partial charge >= 0.3 is 0 Å². The summed E-state index contributed by atoms with van der Waals surface area (Å²) in [6.07, 6.45) is 7.54. The predicted octanol–water partition coefficient (Wildman–Crippen LogP) is 5.24. The van der Waals surface area contributed by atoms with E-state index in [0.717, 1.165) is 11.8 Å². The maximum Gasteiger partial charge on any atom is 0.0239 e. The maximum absolute atomic E-state index is 3.50. The zero-order chi connectivity index (χ0) is 11.5. The molecule has 0 bridgehead atoms. The molecule has 0 amide bonds. The summed E-state index contributed by atoms with van der Waals surface area (Å²) < 4.78 is 0. The monoisotopic (exact) mass is 270 g/mol. The van der Waals surface area contributed by atoms with E-state index in [1.54, 1.807) is 11.1 Å². The maximum atomic E-state index is 3.50. The van der Waals surface area contributed by atoms with Gasteiger partial charge in [-0.1, -0.05) is 52.6 Å². The van der Waals surface area contributed by atoms with Gasteiger partial charge in [0.15, 0.2) is 0 Å². The van der Waals surface area contributed by atoms with Crippen LogP contribution >= 0.6 is 15.9 Å². The Morgan fingerprint density at radius 1 is 1.47 bits per heavy atom. The van der Waals surface area contributed by atoms with Gasteiger partial charge in [0.1, 0.15) is 0 Å². The second-order valence-corrected chi connectivity index (χ2v) is 5.95. The Kier molecular flexibility index (Phi) is 4.64. The van der Waals surface area contributed by atoms with Crippen molar-refractivity contribution in [3.63, 3.8) is 0 Å². The lowest BCUT2D eigenvalue weighted by atomic mass is 9.71. The van der Waals surface area contributed by atoms with Gasteiger partial charge in [-0.3, -0.25) is 0 Å². The highest BCUT2D eigenvalue weighted by molar-refractivity contribution is 9.09. The molecule has 0 N–H and O–H groups in total. The van der Waals surface area contributed by atoms with Crippen LogP contribution in [0.15, 0.2) is 22.8 Å². The van der Waals surface area contributed by atoms with Crippen LogP contribution in [0.3, 0.4) is 0 Å². The first-order valence-corrected chi connectivity index (χ1v) is 7.00. The molecule has 0 saturated carbocycles. The number of halogens is 1. The van der Waals surface area contributed by atoms with Crippen LogP contribution in [-0.4, -0.2) is 5.33 Å². The van der Waals surface area contributed by atoms with Crippen molar-refractivity contribution in [1.82, 2.24) is 0 Å². The summed E-state index contributed by atoms with van der Waals surface area (Å²) in [5.41, 5.74) is 5.17. The molecule has 0 aromatic rings. The SMILES string of the molecule is CC(=CCC1=C(C)CCCC1(C)C)CBr. The van der Waals surface area contributed by atoms with Crippen LogP contribution in [0.1, 0.15) is 53.4 Å². The molecular formula is C14H23Br. The van der Waals surface area contributed by atoms with E-state index in [-0.39, 0.29) is 0 Å². The summed E-state index contributed by atoms with van der Waals surface area (Å²) in [4.78, 5) is 0. The van der Waals surface area contributed by atoms with Crippen LogP contribution in [0, 0.1) is 5.41 Å². The standard InChI is InChI=1S/C14H23Br/c1-11(10-15)7-8-13-12(2)6-5-9-14(13,3)4/h7H,5-6,8-10H2,1-4H3. The average Bonchev–Trinajstić information content (AvgIpc) is 2.15. The topological polar surface area (TPSA) is 0 Å².